The highest BCUT2D eigenvalue weighted by Crippen LogP contribution is 2.39. The highest BCUT2D eigenvalue weighted by molar-refractivity contribution is 5.91. The van der Waals surface area contributed by atoms with Gasteiger partial charge < -0.3 is 14.5 Å². The van der Waals surface area contributed by atoms with E-state index in [0.717, 1.165) is 47.8 Å². The van der Waals surface area contributed by atoms with Crippen LogP contribution in [-0.2, 0) is 0 Å². The van der Waals surface area contributed by atoms with Crippen LogP contribution in [0.25, 0.3) is 22.7 Å². The molecule has 1 aromatic heterocycles. The van der Waals surface area contributed by atoms with E-state index >= 15 is 0 Å². The number of aryl methyl sites for hydroxylation is 2. The Hall–Kier alpha value is -3.86. The lowest BCUT2D eigenvalue weighted by Gasteiger charge is -2.12. The number of allylic oxidation sites excluding steroid dienone is 1. The quantitative estimate of drug-likeness (QED) is 0.173. The molecule has 172 valence electrons. The predicted molar refractivity (Wildman–Crippen MR) is 128 cm³/mol. The van der Waals surface area contributed by atoms with E-state index in [9.17, 15) is 15.4 Å². The van der Waals surface area contributed by atoms with Gasteiger partial charge in [-0.3, -0.25) is 10.1 Å². The minimum absolute atomic E-state index is 0.101. The summed E-state index contributed by atoms with van der Waals surface area (Å²) in [6.07, 6.45) is 5.53. The van der Waals surface area contributed by atoms with Crippen LogP contribution in [0.3, 0.4) is 0 Å². The molecule has 3 rings (SSSR count). The second-order valence-electron chi connectivity index (χ2n) is 7.95. The van der Waals surface area contributed by atoms with Crippen molar-refractivity contribution in [2.75, 3.05) is 13.7 Å². The minimum atomic E-state index is -0.500. The molecule has 1 N–H and O–H groups in total. The Labute approximate surface area is 193 Å². The van der Waals surface area contributed by atoms with Crippen LogP contribution in [0, 0.1) is 35.3 Å². The number of nitrogens with zero attached hydrogens (tertiary/aromatic N) is 3. The van der Waals surface area contributed by atoms with Crippen LogP contribution >= 0.6 is 0 Å². The number of unbranched alkanes of at least 4 members (excludes halogenated alkanes) is 3. The van der Waals surface area contributed by atoms with E-state index in [1.807, 2.05) is 26.0 Å². The summed E-state index contributed by atoms with van der Waals surface area (Å²) in [5.41, 5.74) is 4.30. The van der Waals surface area contributed by atoms with Crippen molar-refractivity contribution in [2.24, 2.45) is 0 Å². The third-order valence-corrected chi connectivity index (χ3v) is 5.50. The van der Waals surface area contributed by atoms with E-state index in [0.29, 0.717) is 18.0 Å². The number of aromatic nitrogens is 2. The van der Waals surface area contributed by atoms with E-state index in [4.69, 9.17) is 9.47 Å². The molecule has 8 heteroatoms. The molecule has 0 spiro atoms. The van der Waals surface area contributed by atoms with Gasteiger partial charge in [0.1, 0.15) is 11.9 Å². The number of fused-ring (bicyclic) bond motifs is 1. The van der Waals surface area contributed by atoms with Gasteiger partial charge in [0.25, 0.3) is 0 Å². The highest BCUT2D eigenvalue weighted by Gasteiger charge is 2.22. The summed E-state index contributed by atoms with van der Waals surface area (Å²) < 4.78 is 11.1. The second-order valence-corrected chi connectivity index (χ2v) is 7.95. The maximum atomic E-state index is 11.7. The zero-order valence-corrected chi connectivity index (χ0v) is 19.4. The molecule has 3 aromatic rings. The zero-order valence-electron chi connectivity index (χ0n) is 19.4. The SMILES string of the molecule is CCCCCCOc1c(OC)cc(/C=C(/C#N)c2nc3cc(C)c(C)cc3[nH]2)cc1[N+](=O)[O-]. The number of nitro groups is 1. The predicted octanol–water partition coefficient (Wildman–Crippen LogP) is 6.12. The maximum Gasteiger partial charge on any atom is 0.315 e. The molecule has 0 bridgehead atoms. The molecule has 8 nitrogen and oxygen atoms in total. The first kappa shape index (κ1) is 23.8. The fourth-order valence-electron chi connectivity index (χ4n) is 3.54. The number of imidazole rings is 1. The summed E-state index contributed by atoms with van der Waals surface area (Å²) in [4.78, 5) is 18.9. The summed E-state index contributed by atoms with van der Waals surface area (Å²) in [6.45, 7) is 6.50. The van der Waals surface area contributed by atoms with Crippen molar-refractivity contribution < 1.29 is 14.4 Å². The Bertz CT molecular complexity index is 1200. The number of hydrogen-bond acceptors (Lipinski definition) is 6. The number of ether oxygens (including phenoxy) is 2. The van der Waals surface area contributed by atoms with Crippen LogP contribution in [0.15, 0.2) is 24.3 Å². The van der Waals surface area contributed by atoms with E-state index in [-0.39, 0.29) is 22.8 Å². The first-order valence-electron chi connectivity index (χ1n) is 11.0. The smallest absolute Gasteiger partial charge is 0.315 e. The van der Waals surface area contributed by atoms with Gasteiger partial charge in [-0.25, -0.2) is 4.98 Å². The van der Waals surface area contributed by atoms with Gasteiger partial charge in [-0.1, -0.05) is 26.2 Å². The normalized spacial score (nSPS) is 11.4. The number of rotatable bonds is 10. The number of hydrogen-bond donors (Lipinski definition) is 1. The second kappa shape index (κ2) is 10.6. The molecule has 2 aromatic carbocycles. The molecule has 0 saturated carbocycles. The van der Waals surface area contributed by atoms with Crippen LogP contribution in [0.5, 0.6) is 11.5 Å². The number of H-pyrrole nitrogens is 1. The molecule has 0 radical (unpaired) electrons. The van der Waals surface area contributed by atoms with Crippen molar-refractivity contribution in [1.82, 2.24) is 9.97 Å². The number of nitro benzene ring substituents is 1. The van der Waals surface area contributed by atoms with Crippen LogP contribution in [-0.4, -0.2) is 28.6 Å². The standard InChI is InChI=1S/C25H28N4O4/c1-5-6-7-8-9-33-24-22(29(30)31)13-18(14-23(24)32-4)12-19(15-26)25-27-20-10-16(2)17(3)11-21(20)28-25/h10-14H,5-9H2,1-4H3,(H,27,28)/b19-12-. The molecular weight excluding hydrogens is 420 g/mol. The molecule has 0 amide bonds. The number of benzene rings is 2. The summed E-state index contributed by atoms with van der Waals surface area (Å²) in [6, 6.07) is 9.09. The van der Waals surface area contributed by atoms with Gasteiger partial charge in [0, 0.05) is 6.07 Å². The van der Waals surface area contributed by atoms with Crippen molar-refractivity contribution >= 4 is 28.4 Å². The number of methoxy groups -OCH3 is 1. The third-order valence-electron chi connectivity index (χ3n) is 5.50. The molecule has 0 aliphatic carbocycles. The highest BCUT2D eigenvalue weighted by atomic mass is 16.6. The lowest BCUT2D eigenvalue weighted by atomic mass is 10.1. The number of aromatic amines is 1. The lowest BCUT2D eigenvalue weighted by Crippen LogP contribution is -2.03. The van der Waals surface area contributed by atoms with Gasteiger partial charge in [0.15, 0.2) is 5.75 Å². The molecule has 0 fully saturated rings. The monoisotopic (exact) mass is 448 g/mol. The maximum absolute atomic E-state index is 11.7. The summed E-state index contributed by atoms with van der Waals surface area (Å²) in [5, 5.41) is 21.5. The fourth-order valence-corrected chi connectivity index (χ4v) is 3.54. The van der Waals surface area contributed by atoms with E-state index in [2.05, 4.69) is 23.0 Å². The largest absolute Gasteiger partial charge is 0.493 e. The zero-order chi connectivity index (χ0) is 24.0. The van der Waals surface area contributed by atoms with Gasteiger partial charge in [-0.2, -0.15) is 5.26 Å². The Morgan fingerprint density at radius 1 is 1.21 bits per heavy atom. The van der Waals surface area contributed by atoms with Gasteiger partial charge in [0.2, 0.25) is 5.75 Å². The Balaban J connectivity index is 1.98. The van der Waals surface area contributed by atoms with Crippen molar-refractivity contribution in [2.45, 2.75) is 46.5 Å². The van der Waals surface area contributed by atoms with Crippen molar-refractivity contribution in [1.29, 1.82) is 5.26 Å². The number of nitrogens with one attached hydrogen (secondary N) is 1. The Morgan fingerprint density at radius 2 is 1.97 bits per heavy atom. The molecule has 33 heavy (non-hydrogen) atoms. The average molecular weight is 449 g/mol. The summed E-state index contributed by atoms with van der Waals surface area (Å²) in [5.74, 6) is 0.749. The van der Waals surface area contributed by atoms with Crippen LogP contribution in [0.2, 0.25) is 0 Å². The molecule has 0 aliphatic heterocycles. The first-order valence-corrected chi connectivity index (χ1v) is 11.0. The molecule has 0 aliphatic rings. The summed E-state index contributed by atoms with van der Waals surface area (Å²) >= 11 is 0. The van der Waals surface area contributed by atoms with Gasteiger partial charge in [-0.15, -0.1) is 0 Å². The minimum Gasteiger partial charge on any atom is -0.493 e. The van der Waals surface area contributed by atoms with Gasteiger partial charge in [0.05, 0.1) is 35.2 Å². The first-order chi connectivity index (χ1) is 15.9. The van der Waals surface area contributed by atoms with Crippen molar-refractivity contribution in [3.63, 3.8) is 0 Å². The van der Waals surface area contributed by atoms with Crippen LogP contribution in [0.4, 0.5) is 5.69 Å². The molecule has 1 heterocycles. The van der Waals surface area contributed by atoms with E-state index < -0.39 is 4.92 Å². The van der Waals surface area contributed by atoms with Crippen LogP contribution < -0.4 is 9.47 Å². The average Bonchev–Trinajstić information content (AvgIpc) is 3.19. The third kappa shape index (κ3) is 5.50. The summed E-state index contributed by atoms with van der Waals surface area (Å²) in [7, 11) is 1.44. The molecule has 0 unspecified atom stereocenters. The van der Waals surface area contributed by atoms with Gasteiger partial charge >= 0.3 is 5.69 Å². The van der Waals surface area contributed by atoms with E-state index in [1.165, 1.54) is 13.2 Å². The fraction of sp³-hybridized carbons (Fsp3) is 0.360. The van der Waals surface area contributed by atoms with Crippen molar-refractivity contribution in [3.05, 3.63) is 56.9 Å². The topological polar surface area (TPSA) is 114 Å². The Morgan fingerprint density at radius 3 is 2.64 bits per heavy atom. The Kier molecular flexibility index (Phi) is 7.67. The molecule has 0 saturated heterocycles. The lowest BCUT2D eigenvalue weighted by molar-refractivity contribution is -0.386. The van der Waals surface area contributed by atoms with Crippen molar-refractivity contribution in [3.8, 4) is 17.6 Å². The van der Waals surface area contributed by atoms with Gasteiger partial charge in [-0.05, 0) is 61.2 Å². The molecule has 0 atom stereocenters. The van der Waals surface area contributed by atoms with Crippen LogP contribution in [0.1, 0.15) is 55.1 Å². The number of nitriles is 1. The van der Waals surface area contributed by atoms with E-state index in [1.54, 1.807) is 12.1 Å². The molecular formula is C25H28N4O4.